The van der Waals surface area contributed by atoms with Crippen LogP contribution in [-0.4, -0.2) is 21.5 Å². The lowest BCUT2D eigenvalue weighted by Crippen LogP contribution is -2.54. The minimum Gasteiger partial charge on any atom is -0.449 e. The van der Waals surface area contributed by atoms with E-state index in [0.29, 0.717) is 18.5 Å². The lowest BCUT2D eigenvalue weighted by Gasteiger charge is -2.31. The molecular formula is C23H14ClF6N5O3. The van der Waals surface area contributed by atoms with Crippen LogP contribution in [0.2, 0.25) is 5.02 Å². The van der Waals surface area contributed by atoms with Gasteiger partial charge in [-0.3, -0.25) is 19.6 Å². The fourth-order valence-electron chi connectivity index (χ4n) is 3.83. The van der Waals surface area contributed by atoms with Crippen LogP contribution in [0, 0.1) is 28.8 Å². The van der Waals surface area contributed by atoms with Crippen LogP contribution < -0.4 is 21.1 Å². The van der Waals surface area contributed by atoms with Crippen LogP contribution in [0.5, 0.6) is 11.5 Å². The average Bonchev–Trinajstić information content (AvgIpc) is 2.84. The van der Waals surface area contributed by atoms with E-state index < -0.39 is 58.5 Å². The minimum atomic E-state index is -5.08. The van der Waals surface area contributed by atoms with Crippen molar-refractivity contribution in [2.24, 2.45) is 0 Å². The minimum absolute atomic E-state index is 0.0290. The van der Waals surface area contributed by atoms with E-state index in [9.17, 15) is 35.9 Å². The number of benzene rings is 2. The normalized spacial score (nSPS) is 17.6. The van der Waals surface area contributed by atoms with Gasteiger partial charge in [0.2, 0.25) is 11.7 Å². The summed E-state index contributed by atoms with van der Waals surface area (Å²) in [7, 11) is 0. The molecule has 2 aromatic carbocycles. The number of ether oxygens (including phenoxy) is 1. The van der Waals surface area contributed by atoms with E-state index >= 15 is 0 Å². The maximum absolute atomic E-state index is 13.7. The predicted molar refractivity (Wildman–Crippen MR) is 118 cm³/mol. The van der Waals surface area contributed by atoms with Crippen molar-refractivity contribution in [3.05, 3.63) is 86.3 Å². The summed E-state index contributed by atoms with van der Waals surface area (Å²) >= 11 is 5.87. The van der Waals surface area contributed by atoms with Crippen molar-refractivity contribution in [2.45, 2.75) is 31.1 Å². The number of nitrogens with zero attached hydrogens (tertiary/aromatic N) is 3. The SMILES string of the molecule is N#Cc1cc(Cl)cc(Oc2c(C(F)(F)F)ncn(CC3CC(c4cc(F)c(F)c(F)c4)C(=O)NN3)c2=O)c1. The molecule has 0 saturated carbocycles. The predicted octanol–water partition coefficient (Wildman–Crippen LogP) is 4.17. The summed E-state index contributed by atoms with van der Waals surface area (Å²) < 4.78 is 87.5. The number of nitrogens with one attached hydrogen (secondary N) is 2. The molecule has 38 heavy (non-hydrogen) atoms. The number of nitriles is 1. The number of rotatable bonds is 5. The zero-order valence-corrected chi connectivity index (χ0v) is 19.5. The van der Waals surface area contributed by atoms with Gasteiger partial charge >= 0.3 is 6.18 Å². The fourth-order valence-corrected chi connectivity index (χ4v) is 4.06. The van der Waals surface area contributed by atoms with Crippen LogP contribution in [0.1, 0.15) is 29.2 Å². The smallest absolute Gasteiger partial charge is 0.437 e. The first-order valence-electron chi connectivity index (χ1n) is 10.6. The number of alkyl halides is 3. The van der Waals surface area contributed by atoms with Crippen molar-refractivity contribution >= 4 is 17.5 Å². The molecule has 8 nitrogen and oxygen atoms in total. The molecule has 3 aromatic rings. The van der Waals surface area contributed by atoms with E-state index in [0.717, 1.165) is 16.7 Å². The molecule has 0 radical (unpaired) electrons. The monoisotopic (exact) mass is 557 g/mol. The van der Waals surface area contributed by atoms with E-state index in [1.54, 1.807) is 6.07 Å². The summed E-state index contributed by atoms with van der Waals surface area (Å²) in [4.78, 5) is 28.6. The van der Waals surface area contributed by atoms with Gasteiger partial charge in [0.05, 0.1) is 23.9 Å². The van der Waals surface area contributed by atoms with Crippen LogP contribution in [0.3, 0.4) is 0 Å². The second kappa shape index (κ2) is 10.3. The van der Waals surface area contributed by atoms with Crippen molar-refractivity contribution < 1.29 is 35.9 Å². The number of hydrogen-bond acceptors (Lipinski definition) is 6. The number of amides is 1. The highest BCUT2D eigenvalue weighted by Gasteiger charge is 2.39. The number of hydrogen-bond donors (Lipinski definition) is 2. The third-order valence-corrected chi connectivity index (χ3v) is 5.77. The first-order valence-corrected chi connectivity index (χ1v) is 11.0. The lowest BCUT2D eigenvalue weighted by atomic mass is 9.90. The molecule has 1 saturated heterocycles. The largest absolute Gasteiger partial charge is 0.449 e. The summed E-state index contributed by atoms with van der Waals surface area (Å²) in [5, 5.41) is 9.04. The van der Waals surface area contributed by atoms with Crippen LogP contribution in [0.15, 0.2) is 41.5 Å². The molecule has 1 aliphatic rings. The molecule has 4 rings (SSSR count). The van der Waals surface area contributed by atoms with Crippen LogP contribution in [-0.2, 0) is 17.5 Å². The van der Waals surface area contributed by atoms with E-state index in [1.807, 2.05) is 0 Å². The molecule has 1 aromatic heterocycles. The van der Waals surface area contributed by atoms with Gasteiger partial charge in [-0.05, 0) is 42.3 Å². The van der Waals surface area contributed by atoms with Crippen molar-refractivity contribution in [2.75, 3.05) is 0 Å². The Labute approximate surface area is 214 Å². The van der Waals surface area contributed by atoms with Crippen LogP contribution in [0.25, 0.3) is 0 Å². The Morgan fingerprint density at radius 3 is 2.45 bits per heavy atom. The van der Waals surface area contributed by atoms with Gasteiger partial charge in [0.15, 0.2) is 23.1 Å². The van der Waals surface area contributed by atoms with Gasteiger partial charge in [0.1, 0.15) is 5.75 Å². The summed E-state index contributed by atoms with van der Waals surface area (Å²) in [6, 6.07) is 5.64. The number of carbonyl (C=O) groups is 1. The van der Waals surface area contributed by atoms with E-state index in [4.69, 9.17) is 21.6 Å². The third-order valence-electron chi connectivity index (χ3n) is 5.55. The molecule has 0 bridgehead atoms. The molecule has 2 N–H and O–H groups in total. The number of aromatic nitrogens is 2. The van der Waals surface area contributed by atoms with Crippen LogP contribution >= 0.6 is 11.6 Å². The van der Waals surface area contributed by atoms with Crippen molar-refractivity contribution in [1.82, 2.24) is 20.4 Å². The molecule has 1 aliphatic heterocycles. The van der Waals surface area contributed by atoms with Gasteiger partial charge in [0, 0.05) is 17.6 Å². The molecule has 2 atom stereocenters. The maximum atomic E-state index is 13.7. The second-order valence-electron chi connectivity index (χ2n) is 8.18. The zero-order valence-electron chi connectivity index (χ0n) is 18.7. The number of hydrazine groups is 1. The van der Waals surface area contributed by atoms with Crippen molar-refractivity contribution in [1.29, 1.82) is 5.26 Å². The number of halogens is 7. The molecule has 198 valence electrons. The number of carbonyl (C=O) groups excluding carboxylic acids is 1. The Kier molecular flexibility index (Phi) is 7.34. The van der Waals surface area contributed by atoms with Gasteiger partial charge in [-0.2, -0.15) is 18.4 Å². The van der Waals surface area contributed by atoms with Gasteiger partial charge in [-0.1, -0.05) is 11.6 Å². The van der Waals surface area contributed by atoms with Crippen molar-refractivity contribution in [3.63, 3.8) is 0 Å². The molecule has 0 spiro atoms. The summed E-state index contributed by atoms with van der Waals surface area (Å²) in [5.41, 5.74) is 1.73. The average molecular weight is 558 g/mol. The fraction of sp³-hybridized carbons (Fsp3) is 0.217. The van der Waals surface area contributed by atoms with Crippen LogP contribution in [0.4, 0.5) is 26.3 Å². The Bertz CT molecular complexity index is 1500. The first kappa shape index (κ1) is 27.0. The zero-order chi connectivity index (χ0) is 27.8. The quantitative estimate of drug-likeness (QED) is 0.360. The second-order valence-corrected chi connectivity index (χ2v) is 8.62. The van der Waals surface area contributed by atoms with Gasteiger partial charge in [-0.15, -0.1) is 0 Å². The lowest BCUT2D eigenvalue weighted by molar-refractivity contribution is -0.142. The van der Waals surface area contributed by atoms with E-state index in [2.05, 4.69) is 15.8 Å². The Hall–Kier alpha value is -4.09. The summed E-state index contributed by atoms with van der Waals surface area (Å²) in [6.45, 7) is -0.359. The molecular weight excluding hydrogens is 544 g/mol. The van der Waals surface area contributed by atoms with Gasteiger partial charge < -0.3 is 4.74 Å². The first-order chi connectivity index (χ1) is 17.9. The Morgan fingerprint density at radius 2 is 1.82 bits per heavy atom. The van der Waals surface area contributed by atoms with Crippen molar-refractivity contribution in [3.8, 4) is 17.6 Å². The Morgan fingerprint density at radius 1 is 1.13 bits per heavy atom. The maximum Gasteiger partial charge on any atom is 0.437 e. The highest BCUT2D eigenvalue weighted by Crippen LogP contribution is 2.35. The standard InChI is InChI=1S/C23H14ClF6N5O3/c24-12-1-10(7-31)2-14(5-12)38-19-20(23(28,29)30)32-9-35(22(19)37)8-13-6-15(21(36)34-33-13)11-3-16(25)18(27)17(26)4-11/h1-5,9,13,15,33H,6,8H2,(H,34,36). The van der Waals surface area contributed by atoms with Gasteiger partial charge in [0.25, 0.3) is 5.56 Å². The highest BCUT2D eigenvalue weighted by molar-refractivity contribution is 6.30. The topological polar surface area (TPSA) is 109 Å². The molecule has 1 fully saturated rings. The molecule has 1 amide bonds. The van der Waals surface area contributed by atoms with E-state index in [1.165, 1.54) is 6.07 Å². The third kappa shape index (κ3) is 5.58. The summed E-state index contributed by atoms with van der Waals surface area (Å²) in [6.07, 6.45) is -4.62. The molecule has 2 heterocycles. The van der Waals surface area contributed by atoms with Gasteiger partial charge in [-0.25, -0.2) is 23.6 Å². The molecule has 2 unspecified atom stereocenters. The molecule has 15 heteroatoms. The highest BCUT2D eigenvalue weighted by atomic mass is 35.5. The summed E-state index contributed by atoms with van der Waals surface area (Å²) in [5.74, 6) is -8.11. The molecule has 0 aliphatic carbocycles. The Balaban J connectivity index is 1.66. The van der Waals surface area contributed by atoms with E-state index in [-0.39, 0.29) is 34.9 Å².